The molecule has 0 aliphatic rings. The van der Waals surface area contributed by atoms with E-state index in [-0.39, 0.29) is 0 Å². The van der Waals surface area contributed by atoms with Gasteiger partial charge in [0.05, 0.1) is 14.2 Å². The van der Waals surface area contributed by atoms with Crippen molar-refractivity contribution in [2.24, 2.45) is 0 Å². The molecule has 4 aromatic carbocycles. The molecule has 0 bridgehead atoms. The summed E-state index contributed by atoms with van der Waals surface area (Å²) in [6, 6.07) is 32.6. The van der Waals surface area contributed by atoms with Crippen molar-refractivity contribution >= 4 is 22.7 Å². The Morgan fingerprint density at radius 3 is 1.37 bits per heavy atom. The summed E-state index contributed by atoms with van der Waals surface area (Å²) in [7, 11) is 3.34. The van der Waals surface area contributed by atoms with Crippen LogP contribution in [0.4, 0.5) is 22.7 Å². The van der Waals surface area contributed by atoms with Crippen molar-refractivity contribution in [3.8, 4) is 22.6 Å². The minimum atomic E-state index is 0.834. The summed E-state index contributed by atoms with van der Waals surface area (Å²) in [5.41, 5.74) is 6.28. The standard InChI is InChI=1S/C26H24N2O2/c1-29-25-12-8-21(9-13-25)27-23-16-20(19-6-4-3-5-7-19)17-24(18-23)28-22-10-14-26(30-2)15-11-22/h3-18,27-28H,1-2H3. The Morgan fingerprint density at radius 1 is 0.467 bits per heavy atom. The maximum Gasteiger partial charge on any atom is 0.119 e. The molecule has 4 rings (SSSR count). The first-order chi connectivity index (χ1) is 14.7. The van der Waals surface area contributed by atoms with Gasteiger partial charge in [-0.1, -0.05) is 30.3 Å². The maximum absolute atomic E-state index is 5.25. The van der Waals surface area contributed by atoms with Crippen molar-refractivity contribution in [1.29, 1.82) is 0 Å². The van der Waals surface area contributed by atoms with E-state index in [0.717, 1.165) is 45.4 Å². The van der Waals surface area contributed by atoms with Crippen molar-refractivity contribution in [3.05, 3.63) is 97.1 Å². The van der Waals surface area contributed by atoms with Crippen molar-refractivity contribution in [3.63, 3.8) is 0 Å². The molecule has 0 amide bonds. The van der Waals surface area contributed by atoms with E-state index in [1.165, 1.54) is 0 Å². The second-order valence-electron chi connectivity index (χ2n) is 6.87. The SMILES string of the molecule is COc1ccc(Nc2cc(Nc3ccc(OC)cc3)cc(-c3ccccc3)c2)cc1. The van der Waals surface area contributed by atoms with E-state index < -0.39 is 0 Å². The fraction of sp³-hybridized carbons (Fsp3) is 0.0769. The van der Waals surface area contributed by atoms with Gasteiger partial charge in [-0.3, -0.25) is 0 Å². The lowest BCUT2D eigenvalue weighted by atomic mass is 10.0. The van der Waals surface area contributed by atoms with Gasteiger partial charge in [0.25, 0.3) is 0 Å². The first-order valence-electron chi connectivity index (χ1n) is 9.76. The van der Waals surface area contributed by atoms with E-state index in [0.29, 0.717) is 0 Å². The van der Waals surface area contributed by atoms with Crippen molar-refractivity contribution in [2.45, 2.75) is 0 Å². The zero-order chi connectivity index (χ0) is 20.8. The largest absolute Gasteiger partial charge is 0.497 e. The molecule has 0 spiro atoms. The Bertz CT molecular complexity index is 1020. The molecular weight excluding hydrogens is 372 g/mol. The average Bonchev–Trinajstić information content (AvgIpc) is 2.80. The van der Waals surface area contributed by atoms with E-state index in [2.05, 4.69) is 53.1 Å². The van der Waals surface area contributed by atoms with Crippen LogP contribution < -0.4 is 20.1 Å². The smallest absolute Gasteiger partial charge is 0.119 e. The highest BCUT2D eigenvalue weighted by Gasteiger charge is 2.06. The number of hydrogen-bond donors (Lipinski definition) is 2. The quantitative estimate of drug-likeness (QED) is 0.358. The zero-order valence-corrected chi connectivity index (χ0v) is 17.1. The molecule has 4 aromatic rings. The average molecular weight is 396 g/mol. The molecule has 0 atom stereocenters. The topological polar surface area (TPSA) is 42.5 Å². The first kappa shape index (κ1) is 19.4. The Labute approximate surface area is 177 Å². The minimum absolute atomic E-state index is 0.834. The summed E-state index contributed by atoms with van der Waals surface area (Å²) < 4.78 is 10.5. The number of nitrogens with one attached hydrogen (secondary N) is 2. The molecule has 0 saturated carbocycles. The molecule has 150 valence electrons. The molecule has 0 heterocycles. The summed E-state index contributed by atoms with van der Waals surface area (Å²) in [4.78, 5) is 0. The highest BCUT2D eigenvalue weighted by atomic mass is 16.5. The van der Waals surface area contributed by atoms with Gasteiger partial charge in [-0.25, -0.2) is 0 Å². The lowest BCUT2D eigenvalue weighted by Gasteiger charge is -2.14. The van der Waals surface area contributed by atoms with Crippen LogP contribution in [-0.2, 0) is 0 Å². The van der Waals surface area contributed by atoms with Crippen molar-refractivity contribution in [2.75, 3.05) is 24.9 Å². The molecule has 0 aliphatic heterocycles. The number of hydrogen-bond acceptors (Lipinski definition) is 4. The van der Waals surface area contributed by atoms with Crippen LogP contribution in [0, 0.1) is 0 Å². The van der Waals surface area contributed by atoms with Gasteiger partial charge in [-0.15, -0.1) is 0 Å². The second kappa shape index (κ2) is 9.05. The molecule has 4 heteroatoms. The van der Waals surface area contributed by atoms with Gasteiger partial charge in [0.15, 0.2) is 0 Å². The molecule has 0 aromatic heterocycles. The van der Waals surface area contributed by atoms with Gasteiger partial charge in [0.1, 0.15) is 11.5 Å². The number of anilines is 4. The highest BCUT2D eigenvalue weighted by Crippen LogP contribution is 2.31. The third-order valence-electron chi connectivity index (χ3n) is 4.80. The van der Waals surface area contributed by atoms with Gasteiger partial charge in [-0.2, -0.15) is 0 Å². The normalized spacial score (nSPS) is 10.3. The third-order valence-corrected chi connectivity index (χ3v) is 4.80. The Kier molecular flexibility index (Phi) is 5.85. The molecule has 0 aliphatic carbocycles. The molecule has 2 N–H and O–H groups in total. The highest BCUT2D eigenvalue weighted by molar-refractivity contribution is 5.78. The zero-order valence-electron chi connectivity index (χ0n) is 17.1. The fourth-order valence-electron chi connectivity index (χ4n) is 3.25. The van der Waals surface area contributed by atoms with Crippen LogP contribution >= 0.6 is 0 Å². The lowest BCUT2D eigenvalue weighted by molar-refractivity contribution is 0.415. The van der Waals surface area contributed by atoms with E-state index in [1.807, 2.05) is 54.6 Å². The third kappa shape index (κ3) is 4.73. The summed E-state index contributed by atoms with van der Waals surface area (Å²) in [5.74, 6) is 1.67. The monoisotopic (exact) mass is 396 g/mol. The molecule has 4 nitrogen and oxygen atoms in total. The Hall–Kier alpha value is -3.92. The molecular formula is C26H24N2O2. The van der Waals surface area contributed by atoms with Crippen LogP contribution in [0.25, 0.3) is 11.1 Å². The van der Waals surface area contributed by atoms with E-state index in [9.17, 15) is 0 Å². The van der Waals surface area contributed by atoms with Gasteiger partial charge in [0, 0.05) is 22.7 Å². The van der Waals surface area contributed by atoms with E-state index in [4.69, 9.17) is 9.47 Å². The molecule has 0 radical (unpaired) electrons. The van der Waals surface area contributed by atoms with Crippen LogP contribution in [0.3, 0.4) is 0 Å². The van der Waals surface area contributed by atoms with Gasteiger partial charge < -0.3 is 20.1 Å². The number of methoxy groups -OCH3 is 2. The van der Waals surface area contributed by atoms with Crippen LogP contribution in [0.2, 0.25) is 0 Å². The van der Waals surface area contributed by atoms with E-state index >= 15 is 0 Å². The Morgan fingerprint density at radius 2 is 0.933 bits per heavy atom. The summed E-state index contributed by atoms with van der Waals surface area (Å²) >= 11 is 0. The molecule has 0 unspecified atom stereocenters. The molecule has 0 saturated heterocycles. The predicted octanol–water partition coefficient (Wildman–Crippen LogP) is 6.86. The summed E-state index contributed by atoms with van der Waals surface area (Å²) in [5, 5.41) is 6.99. The fourth-order valence-corrected chi connectivity index (χ4v) is 3.25. The predicted molar refractivity (Wildman–Crippen MR) is 124 cm³/mol. The van der Waals surface area contributed by atoms with E-state index in [1.54, 1.807) is 14.2 Å². The summed E-state index contributed by atoms with van der Waals surface area (Å²) in [6.07, 6.45) is 0. The van der Waals surface area contributed by atoms with Crippen LogP contribution in [0.1, 0.15) is 0 Å². The van der Waals surface area contributed by atoms with Crippen LogP contribution in [-0.4, -0.2) is 14.2 Å². The van der Waals surface area contributed by atoms with Gasteiger partial charge in [-0.05, 0) is 77.9 Å². The lowest BCUT2D eigenvalue weighted by Crippen LogP contribution is -1.96. The van der Waals surface area contributed by atoms with Crippen LogP contribution in [0.5, 0.6) is 11.5 Å². The maximum atomic E-state index is 5.25. The second-order valence-corrected chi connectivity index (χ2v) is 6.87. The number of rotatable bonds is 7. The number of benzene rings is 4. The van der Waals surface area contributed by atoms with Crippen molar-refractivity contribution in [1.82, 2.24) is 0 Å². The van der Waals surface area contributed by atoms with Crippen molar-refractivity contribution < 1.29 is 9.47 Å². The molecule has 30 heavy (non-hydrogen) atoms. The first-order valence-corrected chi connectivity index (χ1v) is 9.76. The van der Waals surface area contributed by atoms with Crippen LogP contribution in [0.15, 0.2) is 97.1 Å². The number of ether oxygens (including phenoxy) is 2. The Balaban J connectivity index is 1.66. The molecule has 0 fully saturated rings. The minimum Gasteiger partial charge on any atom is -0.497 e. The summed E-state index contributed by atoms with van der Waals surface area (Å²) in [6.45, 7) is 0. The van der Waals surface area contributed by atoms with Gasteiger partial charge in [0.2, 0.25) is 0 Å². The van der Waals surface area contributed by atoms with Gasteiger partial charge >= 0.3 is 0 Å².